The lowest BCUT2D eigenvalue weighted by Gasteiger charge is -2.41. The van der Waals surface area contributed by atoms with Crippen LogP contribution in [-0.2, 0) is 11.2 Å². The highest BCUT2D eigenvalue weighted by atomic mass is 16.4. The van der Waals surface area contributed by atoms with E-state index in [0.29, 0.717) is 31.2 Å². The molecule has 5 heteroatoms. The Morgan fingerprint density at radius 1 is 1.24 bits per heavy atom. The molecule has 29 heavy (non-hydrogen) atoms. The molecule has 5 nitrogen and oxygen atoms in total. The quantitative estimate of drug-likeness (QED) is 0.742. The number of benzene rings is 1. The van der Waals surface area contributed by atoms with Crippen LogP contribution in [0.25, 0.3) is 11.3 Å². The summed E-state index contributed by atoms with van der Waals surface area (Å²) in [7, 11) is 0. The van der Waals surface area contributed by atoms with Crippen LogP contribution in [0, 0.1) is 18.3 Å². The third-order valence-electron chi connectivity index (χ3n) is 6.20. The van der Waals surface area contributed by atoms with Gasteiger partial charge in [0.05, 0.1) is 11.3 Å². The van der Waals surface area contributed by atoms with Crippen molar-refractivity contribution in [3.8, 4) is 11.3 Å². The molecule has 0 spiro atoms. The maximum Gasteiger partial charge on any atom is 0.220 e. The van der Waals surface area contributed by atoms with E-state index in [9.17, 15) is 9.90 Å². The number of carbonyl (C=O) groups excluding carboxylic acids is 1. The van der Waals surface area contributed by atoms with Crippen LogP contribution >= 0.6 is 0 Å². The molecule has 2 aromatic rings. The highest BCUT2D eigenvalue weighted by Gasteiger charge is 2.37. The molecule has 1 aliphatic carbocycles. The standard InChI is InChI=1S/C24H34N2O3/c1-17-22(18-8-6-5-7-9-18)29-21(26-17)11-10-20(27)25-16-24(28)14-12-19(13-15-24)23(2,3)4/h5-9,19,28H,10-16H2,1-4H3,(H,25,27). The highest BCUT2D eigenvalue weighted by Crippen LogP contribution is 2.41. The minimum Gasteiger partial charge on any atom is -0.440 e. The molecule has 1 amide bonds. The predicted octanol–water partition coefficient (Wildman–Crippen LogP) is 4.67. The highest BCUT2D eigenvalue weighted by molar-refractivity contribution is 5.76. The summed E-state index contributed by atoms with van der Waals surface area (Å²) in [5, 5.41) is 13.7. The van der Waals surface area contributed by atoms with Gasteiger partial charge >= 0.3 is 0 Å². The van der Waals surface area contributed by atoms with E-state index in [1.54, 1.807) is 0 Å². The number of carbonyl (C=O) groups is 1. The second-order valence-electron chi connectivity index (χ2n) is 9.53. The molecule has 1 aromatic carbocycles. The summed E-state index contributed by atoms with van der Waals surface area (Å²) in [5.74, 6) is 1.88. The van der Waals surface area contributed by atoms with Crippen molar-refractivity contribution in [2.45, 2.75) is 71.8 Å². The fourth-order valence-electron chi connectivity index (χ4n) is 4.19. The lowest BCUT2D eigenvalue weighted by Crippen LogP contribution is -2.46. The number of nitrogens with one attached hydrogen (secondary N) is 1. The first-order chi connectivity index (χ1) is 13.7. The number of hydrogen-bond acceptors (Lipinski definition) is 4. The Labute approximate surface area is 173 Å². The maximum atomic E-state index is 12.3. The zero-order valence-corrected chi connectivity index (χ0v) is 18.1. The summed E-state index contributed by atoms with van der Waals surface area (Å²) in [6.07, 6.45) is 4.25. The van der Waals surface area contributed by atoms with Crippen molar-refractivity contribution >= 4 is 5.91 Å². The van der Waals surface area contributed by atoms with Gasteiger partial charge in [-0.05, 0) is 43.9 Å². The van der Waals surface area contributed by atoms with Crippen LogP contribution in [0.2, 0.25) is 0 Å². The number of rotatable bonds is 6. The second kappa shape index (κ2) is 8.70. The Morgan fingerprint density at radius 3 is 2.52 bits per heavy atom. The Kier molecular flexibility index (Phi) is 6.47. The number of aromatic nitrogens is 1. The summed E-state index contributed by atoms with van der Waals surface area (Å²) in [6.45, 7) is 9.02. The molecule has 0 bridgehead atoms. The molecule has 0 radical (unpaired) electrons. The van der Waals surface area contributed by atoms with Gasteiger partial charge in [0, 0.05) is 24.9 Å². The summed E-state index contributed by atoms with van der Waals surface area (Å²) in [4.78, 5) is 16.8. The second-order valence-corrected chi connectivity index (χ2v) is 9.53. The SMILES string of the molecule is Cc1nc(CCC(=O)NCC2(O)CCC(C(C)(C)C)CC2)oc1-c1ccccc1. The zero-order valence-electron chi connectivity index (χ0n) is 18.1. The van der Waals surface area contributed by atoms with Gasteiger partial charge in [0.2, 0.25) is 5.91 Å². The molecular weight excluding hydrogens is 364 g/mol. The largest absolute Gasteiger partial charge is 0.440 e. The number of amides is 1. The van der Waals surface area contributed by atoms with Crippen molar-refractivity contribution in [3.05, 3.63) is 41.9 Å². The van der Waals surface area contributed by atoms with E-state index < -0.39 is 5.60 Å². The van der Waals surface area contributed by atoms with E-state index >= 15 is 0 Å². The normalized spacial score (nSPS) is 22.4. The van der Waals surface area contributed by atoms with Crippen LogP contribution in [0.15, 0.2) is 34.7 Å². The van der Waals surface area contributed by atoms with Crippen molar-refractivity contribution in [1.82, 2.24) is 10.3 Å². The van der Waals surface area contributed by atoms with Crippen LogP contribution < -0.4 is 5.32 Å². The fourth-order valence-corrected chi connectivity index (χ4v) is 4.19. The minimum atomic E-state index is -0.780. The molecule has 1 heterocycles. The molecule has 1 saturated carbocycles. The first kappa shape index (κ1) is 21.6. The van der Waals surface area contributed by atoms with Crippen LogP contribution in [0.5, 0.6) is 0 Å². The number of aryl methyl sites for hydroxylation is 2. The number of hydrogen-bond donors (Lipinski definition) is 2. The Balaban J connectivity index is 1.46. The molecule has 1 fully saturated rings. The van der Waals surface area contributed by atoms with Crippen molar-refractivity contribution < 1.29 is 14.3 Å². The Morgan fingerprint density at radius 2 is 1.90 bits per heavy atom. The van der Waals surface area contributed by atoms with Gasteiger partial charge in [0.15, 0.2) is 11.7 Å². The van der Waals surface area contributed by atoms with Gasteiger partial charge in [-0.1, -0.05) is 51.1 Å². The maximum absolute atomic E-state index is 12.3. The van der Waals surface area contributed by atoms with Crippen molar-refractivity contribution in [1.29, 1.82) is 0 Å². The van der Waals surface area contributed by atoms with Crippen LogP contribution in [0.3, 0.4) is 0 Å². The lowest BCUT2D eigenvalue weighted by molar-refractivity contribution is -0.123. The summed E-state index contributed by atoms with van der Waals surface area (Å²) in [6, 6.07) is 9.86. The number of nitrogens with zero attached hydrogens (tertiary/aromatic N) is 1. The smallest absolute Gasteiger partial charge is 0.220 e. The van der Waals surface area contributed by atoms with Crippen molar-refractivity contribution in [3.63, 3.8) is 0 Å². The van der Waals surface area contributed by atoms with E-state index in [2.05, 4.69) is 31.1 Å². The minimum absolute atomic E-state index is 0.0755. The van der Waals surface area contributed by atoms with Gasteiger partial charge in [-0.3, -0.25) is 4.79 Å². The molecule has 0 unspecified atom stereocenters. The van der Waals surface area contributed by atoms with Gasteiger partial charge in [-0.2, -0.15) is 0 Å². The van der Waals surface area contributed by atoms with E-state index in [1.165, 1.54) is 0 Å². The third kappa shape index (κ3) is 5.69. The van der Waals surface area contributed by atoms with E-state index in [-0.39, 0.29) is 11.3 Å². The predicted molar refractivity (Wildman–Crippen MR) is 114 cm³/mol. The fraction of sp³-hybridized carbons (Fsp3) is 0.583. The number of aliphatic hydroxyl groups is 1. The molecule has 3 rings (SSSR count). The summed E-state index contributed by atoms with van der Waals surface area (Å²) >= 11 is 0. The first-order valence-electron chi connectivity index (χ1n) is 10.7. The van der Waals surface area contributed by atoms with Crippen LogP contribution in [0.4, 0.5) is 0 Å². The van der Waals surface area contributed by atoms with Gasteiger partial charge in [-0.25, -0.2) is 4.98 Å². The molecule has 1 aromatic heterocycles. The summed E-state index contributed by atoms with van der Waals surface area (Å²) in [5.41, 5.74) is 1.31. The Hall–Kier alpha value is -2.14. The number of oxazole rings is 1. The van der Waals surface area contributed by atoms with Gasteiger partial charge in [0.1, 0.15) is 0 Å². The average molecular weight is 399 g/mol. The van der Waals surface area contributed by atoms with Crippen LogP contribution in [0.1, 0.15) is 64.5 Å². The summed E-state index contributed by atoms with van der Waals surface area (Å²) < 4.78 is 5.87. The molecule has 0 saturated heterocycles. The topological polar surface area (TPSA) is 75.4 Å². The first-order valence-corrected chi connectivity index (χ1v) is 10.7. The molecule has 1 aliphatic rings. The molecule has 0 atom stereocenters. The van der Waals surface area contributed by atoms with Gasteiger partial charge in [-0.15, -0.1) is 0 Å². The van der Waals surface area contributed by atoms with Crippen LogP contribution in [-0.4, -0.2) is 28.1 Å². The molecular formula is C24H34N2O3. The third-order valence-corrected chi connectivity index (χ3v) is 6.20. The van der Waals surface area contributed by atoms with Crippen molar-refractivity contribution in [2.24, 2.45) is 11.3 Å². The van der Waals surface area contributed by atoms with Gasteiger partial charge < -0.3 is 14.8 Å². The molecule has 2 N–H and O–H groups in total. The average Bonchev–Trinajstić information content (AvgIpc) is 3.06. The molecule has 0 aliphatic heterocycles. The van der Waals surface area contributed by atoms with Gasteiger partial charge in [0.25, 0.3) is 0 Å². The van der Waals surface area contributed by atoms with E-state index in [0.717, 1.165) is 42.7 Å². The zero-order chi connectivity index (χ0) is 21.1. The van der Waals surface area contributed by atoms with E-state index in [4.69, 9.17) is 4.42 Å². The van der Waals surface area contributed by atoms with Crippen molar-refractivity contribution in [2.75, 3.05) is 6.54 Å². The Bertz CT molecular complexity index is 812. The lowest BCUT2D eigenvalue weighted by atomic mass is 9.68. The van der Waals surface area contributed by atoms with E-state index in [1.807, 2.05) is 37.3 Å². The monoisotopic (exact) mass is 398 g/mol. The molecule has 158 valence electrons.